The van der Waals surface area contributed by atoms with Crippen LogP contribution < -0.4 is 4.74 Å². The van der Waals surface area contributed by atoms with Crippen LogP contribution in [0.25, 0.3) is 0 Å². The first-order valence-electron chi connectivity index (χ1n) is 11.7. The van der Waals surface area contributed by atoms with Crippen molar-refractivity contribution in [3.8, 4) is 5.75 Å². The highest BCUT2D eigenvalue weighted by Gasteiger charge is 2.12. The third kappa shape index (κ3) is 11.1. The fourth-order valence-corrected chi connectivity index (χ4v) is 3.71. The summed E-state index contributed by atoms with van der Waals surface area (Å²) in [6, 6.07) is 15.7. The van der Waals surface area contributed by atoms with Gasteiger partial charge in [0.05, 0.1) is 6.61 Å². The van der Waals surface area contributed by atoms with Crippen LogP contribution in [0.2, 0.25) is 0 Å². The van der Waals surface area contributed by atoms with Gasteiger partial charge in [-0.2, -0.15) is 0 Å². The van der Waals surface area contributed by atoms with Crippen LogP contribution in [-0.4, -0.2) is 58.5 Å². The molecule has 0 aliphatic carbocycles. The van der Waals surface area contributed by atoms with Gasteiger partial charge in [0, 0.05) is 63.1 Å². The number of benzene rings is 1. The molecule has 0 saturated carbocycles. The standard InChI is InChI=1S/C27H34N4O2.3ClH/c1-3-31(4-2)27(32)25-8-10-26(11-9-25)33-20-6-18-30(22-24-12-16-28-17-13-24)19-14-23-7-5-15-29-21-23;;;/h5,7-13,15-17,21H,3-4,6,14,18-20,22H2,1-2H3;3*1H. The maximum atomic E-state index is 12.4. The second kappa shape index (κ2) is 18.8. The van der Waals surface area contributed by atoms with Gasteiger partial charge in [-0.3, -0.25) is 19.7 Å². The molecule has 1 amide bonds. The minimum absolute atomic E-state index is 0. The number of aromatic nitrogens is 2. The lowest BCUT2D eigenvalue weighted by molar-refractivity contribution is 0.0773. The minimum Gasteiger partial charge on any atom is -0.494 e. The molecule has 198 valence electrons. The zero-order chi connectivity index (χ0) is 23.3. The third-order valence-electron chi connectivity index (χ3n) is 5.63. The molecular formula is C27H37Cl3N4O2. The van der Waals surface area contributed by atoms with E-state index in [0.717, 1.165) is 38.2 Å². The molecule has 0 unspecified atom stereocenters. The maximum Gasteiger partial charge on any atom is 0.253 e. The Bertz CT molecular complexity index is 960. The number of amides is 1. The second-order valence-electron chi connectivity index (χ2n) is 7.95. The van der Waals surface area contributed by atoms with E-state index in [1.807, 2.05) is 73.9 Å². The van der Waals surface area contributed by atoms with Crippen molar-refractivity contribution >= 4 is 43.1 Å². The van der Waals surface area contributed by atoms with Gasteiger partial charge in [-0.25, -0.2) is 0 Å². The fraction of sp³-hybridized carbons (Fsp3) is 0.370. The van der Waals surface area contributed by atoms with Crippen molar-refractivity contribution in [3.05, 3.63) is 90.0 Å². The van der Waals surface area contributed by atoms with Gasteiger partial charge in [-0.1, -0.05) is 6.07 Å². The van der Waals surface area contributed by atoms with Gasteiger partial charge in [0.25, 0.3) is 5.91 Å². The molecule has 0 bridgehead atoms. The number of pyridine rings is 2. The number of ether oxygens (including phenoxy) is 1. The zero-order valence-electron chi connectivity index (χ0n) is 20.9. The van der Waals surface area contributed by atoms with Crippen molar-refractivity contribution < 1.29 is 9.53 Å². The largest absolute Gasteiger partial charge is 0.494 e. The molecule has 0 atom stereocenters. The molecule has 2 aromatic heterocycles. The molecule has 2 heterocycles. The highest BCUT2D eigenvalue weighted by molar-refractivity contribution is 5.94. The number of carbonyl (C=O) groups is 1. The van der Waals surface area contributed by atoms with Crippen molar-refractivity contribution in [2.24, 2.45) is 0 Å². The van der Waals surface area contributed by atoms with Gasteiger partial charge in [0.1, 0.15) is 5.75 Å². The maximum absolute atomic E-state index is 12.4. The molecule has 9 heteroatoms. The SMILES string of the molecule is CCN(CC)C(=O)c1ccc(OCCCN(CCc2cccnc2)Cc2ccncc2)cc1.Cl.Cl.Cl. The van der Waals surface area contributed by atoms with Crippen molar-refractivity contribution in [1.82, 2.24) is 19.8 Å². The van der Waals surface area contributed by atoms with Gasteiger partial charge in [0.15, 0.2) is 0 Å². The van der Waals surface area contributed by atoms with Gasteiger partial charge >= 0.3 is 0 Å². The molecule has 0 aliphatic heterocycles. The lowest BCUT2D eigenvalue weighted by Gasteiger charge is -2.22. The summed E-state index contributed by atoms with van der Waals surface area (Å²) in [7, 11) is 0. The molecule has 36 heavy (non-hydrogen) atoms. The summed E-state index contributed by atoms with van der Waals surface area (Å²) in [6.07, 6.45) is 9.29. The smallest absolute Gasteiger partial charge is 0.253 e. The third-order valence-corrected chi connectivity index (χ3v) is 5.63. The number of hydrogen-bond acceptors (Lipinski definition) is 5. The van der Waals surface area contributed by atoms with E-state index in [1.54, 1.807) is 0 Å². The molecule has 3 aromatic rings. The molecule has 0 radical (unpaired) electrons. The molecule has 6 nitrogen and oxygen atoms in total. The Balaban J connectivity index is 0.00000408. The Labute approximate surface area is 233 Å². The molecule has 0 spiro atoms. The normalized spacial score (nSPS) is 9.97. The van der Waals surface area contributed by atoms with Crippen LogP contribution in [0.4, 0.5) is 0 Å². The summed E-state index contributed by atoms with van der Waals surface area (Å²) >= 11 is 0. The Morgan fingerprint density at radius 3 is 2.14 bits per heavy atom. The second-order valence-corrected chi connectivity index (χ2v) is 7.95. The Morgan fingerprint density at radius 1 is 0.833 bits per heavy atom. The number of hydrogen-bond donors (Lipinski definition) is 0. The van der Waals surface area contributed by atoms with Crippen LogP contribution in [-0.2, 0) is 13.0 Å². The van der Waals surface area contributed by atoms with Crippen LogP contribution in [0.3, 0.4) is 0 Å². The minimum atomic E-state index is 0. The zero-order valence-corrected chi connectivity index (χ0v) is 23.4. The summed E-state index contributed by atoms with van der Waals surface area (Å²) in [4.78, 5) is 25.0. The fourth-order valence-electron chi connectivity index (χ4n) is 3.71. The Morgan fingerprint density at radius 2 is 1.53 bits per heavy atom. The van der Waals surface area contributed by atoms with E-state index in [9.17, 15) is 4.79 Å². The summed E-state index contributed by atoms with van der Waals surface area (Å²) in [5.41, 5.74) is 3.20. The molecule has 0 saturated heterocycles. The predicted octanol–water partition coefficient (Wildman–Crippen LogP) is 5.74. The first-order chi connectivity index (χ1) is 16.2. The Kier molecular flexibility index (Phi) is 17.6. The van der Waals surface area contributed by atoms with E-state index in [2.05, 4.69) is 33.1 Å². The molecule has 0 N–H and O–H groups in total. The van der Waals surface area contributed by atoms with Gasteiger partial charge in [-0.15, -0.1) is 37.2 Å². The summed E-state index contributed by atoms with van der Waals surface area (Å²) in [6.45, 7) is 8.81. The van der Waals surface area contributed by atoms with E-state index in [0.29, 0.717) is 25.3 Å². The van der Waals surface area contributed by atoms with Crippen LogP contribution >= 0.6 is 37.2 Å². The van der Waals surface area contributed by atoms with Crippen molar-refractivity contribution in [2.45, 2.75) is 33.2 Å². The highest BCUT2D eigenvalue weighted by atomic mass is 35.5. The molecule has 0 fully saturated rings. The predicted molar refractivity (Wildman–Crippen MR) is 153 cm³/mol. The molecule has 0 aliphatic rings. The lowest BCUT2D eigenvalue weighted by Crippen LogP contribution is -2.30. The first kappa shape index (κ1) is 33.6. The molecule has 1 aromatic carbocycles. The van der Waals surface area contributed by atoms with E-state index in [-0.39, 0.29) is 43.1 Å². The van der Waals surface area contributed by atoms with Crippen molar-refractivity contribution in [1.29, 1.82) is 0 Å². The van der Waals surface area contributed by atoms with E-state index in [1.165, 1.54) is 11.1 Å². The quantitative estimate of drug-likeness (QED) is 0.252. The van der Waals surface area contributed by atoms with Gasteiger partial charge in [-0.05, 0) is 80.3 Å². The average Bonchev–Trinajstić information content (AvgIpc) is 2.87. The summed E-state index contributed by atoms with van der Waals surface area (Å²) in [5.74, 6) is 0.856. The highest BCUT2D eigenvalue weighted by Crippen LogP contribution is 2.14. The van der Waals surface area contributed by atoms with Gasteiger partial charge in [0.2, 0.25) is 0 Å². The summed E-state index contributed by atoms with van der Waals surface area (Å²) in [5, 5.41) is 0. The topological polar surface area (TPSA) is 58.6 Å². The molecular weight excluding hydrogens is 519 g/mol. The van der Waals surface area contributed by atoms with Crippen LogP contribution in [0.15, 0.2) is 73.3 Å². The number of carbonyl (C=O) groups excluding carboxylic acids is 1. The van der Waals surface area contributed by atoms with E-state index >= 15 is 0 Å². The Hall–Kier alpha value is -2.38. The monoisotopic (exact) mass is 554 g/mol. The van der Waals surface area contributed by atoms with Gasteiger partial charge < -0.3 is 9.64 Å². The van der Waals surface area contributed by atoms with Crippen LogP contribution in [0.5, 0.6) is 5.75 Å². The van der Waals surface area contributed by atoms with Crippen molar-refractivity contribution in [3.63, 3.8) is 0 Å². The number of rotatable bonds is 13. The number of nitrogens with zero attached hydrogens (tertiary/aromatic N) is 4. The first-order valence-corrected chi connectivity index (χ1v) is 11.7. The van der Waals surface area contributed by atoms with E-state index < -0.39 is 0 Å². The van der Waals surface area contributed by atoms with Crippen LogP contribution in [0, 0.1) is 0 Å². The van der Waals surface area contributed by atoms with Crippen molar-refractivity contribution in [2.75, 3.05) is 32.8 Å². The van der Waals surface area contributed by atoms with Crippen LogP contribution in [0.1, 0.15) is 41.8 Å². The molecule has 3 rings (SSSR count). The number of halogens is 3. The summed E-state index contributed by atoms with van der Waals surface area (Å²) < 4.78 is 5.95. The van der Waals surface area contributed by atoms with E-state index in [4.69, 9.17) is 4.74 Å². The average molecular weight is 556 g/mol. The lowest BCUT2D eigenvalue weighted by atomic mass is 10.2.